The molecule has 10 atom stereocenters. The van der Waals surface area contributed by atoms with E-state index >= 15 is 0 Å². The first-order chi connectivity index (χ1) is 29.5. The molecule has 30 heteroatoms. The molecule has 1 saturated heterocycles. The Bertz CT molecular complexity index is 2210. The number of nitrogen functional groups attached to an aromatic ring is 1. The maximum Gasteiger partial charge on any atom is 0.274 e. The number of amides is 2. The van der Waals surface area contributed by atoms with Crippen LogP contribution in [-0.2, 0) is 50.7 Å². The predicted octanol–water partition coefficient (Wildman–Crippen LogP) is -2.59. The summed E-state index contributed by atoms with van der Waals surface area (Å²) in [4.78, 5) is 97.3. The molecular formula is C34H50N7O19P3S-4. The number of hydrogen-bond acceptors (Lipinski definition) is 24. The van der Waals surface area contributed by atoms with Crippen molar-refractivity contribution in [3.8, 4) is 0 Å². The van der Waals surface area contributed by atoms with Gasteiger partial charge in [-0.05, 0) is 30.1 Å². The molecule has 64 heavy (non-hydrogen) atoms. The molecule has 0 bridgehead atoms. The normalized spacial score (nSPS) is 25.7. The summed E-state index contributed by atoms with van der Waals surface area (Å²) in [6.45, 7) is 5.34. The monoisotopic (exact) mass is 985 g/mol. The third-order valence-electron chi connectivity index (χ3n) is 9.74. The van der Waals surface area contributed by atoms with Crippen molar-refractivity contribution in [1.29, 1.82) is 0 Å². The van der Waals surface area contributed by atoms with E-state index in [0.29, 0.717) is 12.0 Å². The summed E-state index contributed by atoms with van der Waals surface area (Å²) in [5, 5.41) is 47.2. The molecular weight excluding hydrogens is 935 g/mol. The molecule has 360 valence electrons. The summed E-state index contributed by atoms with van der Waals surface area (Å²) in [5.41, 5.74) is 3.14. The second-order valence-electron chi connectivity index (χ2n) is 15.9. The van der Waals surface area contributed by atoms with E-state index in [1.807, 2.05) is 13.8 Å². The van der Waals surface area contributed by atoms with E-state index in [1.165, 1.54) is 26.0 Å². The minimum absolute atomic E-state index is 0.0308. The van der Waals surface area contributed by atoms with Gasteiger partial charge in [0, 0.05) is 30.7 Å². The summed E-state index contributed by atoms with van der Waals surface area (Å²) in [6, 6.07) is 0. The molecule has 1 aliphatic heterocycles. The number of nitrogens with two attached hydrogens (primary N) is 1. The molecule has 2 aliphatic rings. The van der Waals surface area contributed by atoms with E-state index in [2.05, 4.69) is 43.5 Å². The molecule has 2 aromatic heterocycles. The van der Waals surface area contributed by atoms with Gasteiger partial charge in [0.2, 0.25) is 11.8 Å². The molecule has 0 aromatic carbocycles. The van der Waals surface area contributed by atoms with E-state index in [-0.39, 0.29) is 53.3 Å². The lowest BCUT2D eigenvalue weighted by molar-refractivity contribution is -0.347. The number of hydrogen-bond donors (Lipinski definition) is 7. The Morgan fingerprint density at radius 3 is 2.36 bits per heavy atom. The Labute approximate surface area is 370 Å². The zero-order chi connectivity index (χ0) is 48.0. The zero-order valence-electron chi connectivity index (χ0n) is 35.0. The maximum absolute atomic E-state index is 12.7. The van der Waals surface area contributed by atoms with Crippen LogP contribution in [0.25, 0.3) is 11.2 Å². The number of nitrogens with one attached hydrogen (secondary N) is 2. The Morgan fingerprint density at radius 2 is 1.72 bits per heavy atom. The molecule has 0 radical (unpaired) electrons. The minimum atomic E-state index is -5.94. The molecule has 1 fully saturated rings. The summed E-state index contributed by atoms with van der Waals surface area (Å²) in [5.74, 6) is -1.93. The summed E-state index contributed by atoms with van der Waals surface area (Å²) >= 11 is 0.953. The van der Waals surface area contributed by atoms with Crippen molar-refractivity contribution in [3.05, 3.63) is 36.5 Å². The van der Waals surface area contributed by atoms with Gasteiger partial charge in [0.05, 0.1) is 33.3 Å². The summed E-state index contributed by atoms with van der Waals surface area (Å²) in [6.07, 6.45) is -4.03. The Morgan fingerprint density at radius 1 is 1.05 bits per heavy atom. The lowest BCUT2D eigenvalue weighted by Crippen LogP contribution is -2.46. The first-order valence-corrected chi connectivity index (χ1v) is 24.7. The predicted molar refractivity (Wildman–Crippen MR) is 215 cm³/mol. The standard InChI is InChI=1S/C34H54N7O19P3S/c1-18(2)13-34(48)8-6-20(12-22(34)42)19(3)32(47)64-11-10-36-23(43)7-9-37-30(46)27(45)33(4,5)15-57-63(54,55)60-62(52,53)56-14-21-26(59-61(49,50)51)25(44)31(58-21)41-17-40-24-28(35)38-16-39-29(24)41/h6,8,12,16-19,21-22,25-27,31,42,44-45,48H,7,9-11,13-15H2,1-5H3,(H,36,43)(H,37,46)(H,52,53)(H,54,55)(H2,35,38,39)(H2,49,50,51)/p-4/t19?,21-,22?,25-,26-,27+,31-,34?/m1/s1. The molecule has 26 nitrogen and oxygen atoms in total. The van der Waals surface area contributed by atoms with Crippen LogP contribution in [0, 0.1) is 17.3 Å². The molecule has 8 N–H and O–H groups in total. The molecule has 1 aliphatic carbocycles. The number of phosphoric ester groups is 3. The van der Waals surface area contributed by atoms with Crippen LogP contribution in [0.1, 0.15) is 53.7 Å². The summed E-state index contributed by atoms with van der Waals surface area (Å²) in [7, 11) is -17.7. The van der Waals surface area contributed by atoms with Crippen LogP contribution in [0.15, 0.2) is 36.5 Å². The Hall–Kier alpha value is -3.04. The first-order valence-electron chi connectivity index (χ1n) is 19.3. The van der Waals surface area contributed by atoms with Gasteiger partial charge >= 0.3 is 0 Å². The number of nitrogens with zero attached hydrogens (tertiary/aromatic N) is 4. The van der Waals surface area contributed by atoms with Crippen molar-refractivity contribution in [3.63, 3.8) is 0 Å². The number of fused-ring (bicyclic) bond motifs is 1. The fourth-order valence-electron chi connectivity index (χ4n) is 6.37. The van der Waals surface area contributed by atoms with E-state index in [9.17, 15) is 68.1 Å². The molecule has 0 spiro atoms. The highest BCUT2D eigenvalue weighted by Gasteiger charge is 2.47. The summed E-state index contributed by atoms with van der Waals surface area (Å²) < 4.78 is 60.7. The smallest absolute Gasteiger partial charge is 0.274 e. The first kappa shape index (κ1) is 53.6. The van der Waals surface area contributed by atoms with E-state index in [0.717, 1.165) is 29.0 Å². The second kappa shape index (κ2) is 21.7. The third kappa shape index (κ3) is 14.7. The van der Waals surface area contributed by atoms with Crippen LogP contribution < -0.4 is 35.9 Å². The van der Waals surface area contributed by atoms with Crippen molar-refractivity contribution in [1.82, 2.24) is 30.2 Å². The fraction of sp³-hybridized carbons (Fsp3) is 0.647. The highest BCUT2D eigenvalue weighted by Crippen LogP contribution is 2.56. The highest BCUT2D eigenvalue weighted by molar-refractivity contribution is 8.13. The van der Waals surface area contributed by atoms with Gasteiger partial charge in [-0.1, -0.05) is 52.5 Å². The minimum Gasteiger partial charge on any atom is -0.790 e. The van der Waals surface area contributed by atoms with Gasteiger partial charge in [-0.3, -0.25) is 28.1 Å². The van der Waals surface area contributed by atoms with Crippen molar-refractivity contribution < 1.29 is 90.7 Å². The lowest BCUT2D eigenvalue weighted by atomic mass is 9.81. The van der Waals surface area contributed by atoms with Crippen molar-refractivity contribution >= 4 is 69.1 Å². The number of ether oxygens (including phenoxy) is 1. The Kier molecular flexibility index (Phi) is 18.2. The van der Waals surface area contributed by atoms with Gasteiger partial charge in [-0.25, -0.2) is 19.3 Å². The number of carbonyl (C=O) groups excluding carboxylic acids is 3. The number of anilines is 1. The largest absolute Gasteiger partial charge is 0.790 e. The molecule has 2 aromatic rings. The second-order valence-corrected chi connectivity index (χ2v) is 21.1. The highest BCUT2D eigenvalue weighted by atomic mass is 32.2. The molecule has 4 rings (SSSR count). The van der Waals surface area contributed by atoms with Gasteiger partial charge in [0.25, 0.3) is 15.6 Å². The van der Waals surface area contributed by atoms with Crippen LogP contribution in [0.3, 0.4) is 0 Å². The molecule has 0 saturated carbocycles. The fourth-order valence-corrected chi connectivity index (χ4v) is 9.90. The molecule has 2 amide bonds. The molecule has 3 heterocycles. The number of aromatic nitrogens is 4. The lowest BCUT2D eigenvalue weighted by Gasteiger charge is -2.36. The maximum atomic E-state index is 12.7. The van der Waals surface area contributed by atoms with E-state index in [4.69, 9.17) is 10.5 Å². The van der Waals surface area contributed by atoms with E-state index < -0.39 is 102 Å². The van der Waals surface area contributed by atoms with Crippen LogP contribution in [-0.4, -0.2) is 125 Å². The number of phosphoric acid groups is 3. The van der Waals surface area contributed by atoms with Gasteiger partial charge < -0.3 is 79.2 Å². The van der Waals surface area contributed by atoms with Gasteiger partial charge in [0.1, 0.15) is 48.0 Å². The number of imidazole rings is 1. The van der Waals surface area contributed by atoms with Gasteiger partial charge in [-0.2, -0.15) is 0 Å². The van der Waals surface area contributed by atoms with Gasteiger partial charge in [0.15, 0.2) is 22.8 Å². The average Bonchev–Trinajstić information content (AvgIpc) is 3.75. The third-order valence-corrected chi connectivity index (χ3v) is 13.8. The number of carbonyl (C=O) groups is 3. The SMILES string of the molecule is CC(C)CC1(O)C=CC(C(C)C(=O)SCCNC(=O)CCNC(=O)[C@H](O)C(C)(C)COP(=O)([O-])OP(=O)([O-])OC[C@H]2O[C@@H](n3cnc4c(N)ncnc43)[C@H](O)[C@@H]2OP(=O)([O-])[O-])=CC1O. The van der Waals surface area contributed by atoms with Crippen LogP contribution in [0.2, 0.25) is 0 Å². The van der Waals surface area contributed by atoms with Crippen LogP contribution in [0.5, 0.6) is 0 Å². The van der Waals surface area contributed by atoms with Crippen molar-refractivity contribution in [2.24, 2.45) is 17.3 Å². The topological polar surface area (TPSA) is 415 Å². The molecule has 5 unspecified atom stereocenters. The van der Waals surface area contributed by atoms with Crippen molar-refractivity contribution in [2.45, 2.75) is 89.8 Å². The quantitative estimate of drug-likeness (QED) is 0.0444. The Balaban J connectivity index is 1.19. The average molecular weight is 986 g/mol. The van der Waals surface area contributed by atoms with Crippen molar-refractivity contribution in [2.75, 3.05) is 37.8 Å². The number of allylic oxidation sites excluding steroid dienone is 2. The number of rotatable bonds is 23. The van der Waals surface area contributed by atoms with Crippen LogP contribution in [0.4, 0.5) is 5.82 Å². The van der Waals surface area contributed by atoms with E-state index in [1.54, 1.807) is 13.0 Å². The number of thioether (sulfide) groups is 1. The van der Waals surface area contributed by atoms with Crippen LogP contribution >= 0.6 is 35.2 Å². The number of aliphatic hydroxyl groups excluding tert-OH is 3. The zero-order valence-corrected chi connectivity index (χ0v) is 38.5. The van der Waals surface area contributed by atoms with Gasteiger partial charge in [-0.15, -0.1) is 0 Å². The number of aliphatic hydroxyl groups is 4.